The Kier molecular flexibility index (Phi) is 10.2. The van der Waals surface area contributed by atoms with E-state index in [-0.39, 0.29) is 29.4 Å². The molecule has 2 aromatic rings. The highest BCUT2D eigenvalue weighted by molar-refractivity contribution is 14.0. The molecule has 33 heavy (non-hydrogen) atoms. The van der Waals surface area contributed by atoms with Gasteiger partial charge in [-0.05, 0) is 31.0 Å². The summed E-state index contributed by atoms with van der Waals surface area (Å²) < 4.78 is 16.2. The van der Waals surface area contributed by atoms with Gasteiger partial charge < -0.3 is 24.6 Å². The van der Waals surface area contributed by atoms with Crippen molar-refractivity contribution in [3.05, 3.63) is 35.5 Å². The molecule has 1 atom stereocenters. The summed E-state index contributed by atoms with van der Waals surface area (Å²) in [7, 11) is 3.35. The van der Waals surface area contributed by atoms with E-state index < -0.39 is 0 Å². The summed E-state index contributed by atoms with van der Waals surface area (Å²) in [4.78, 5) is 11.5. The lowest BCUT2D eigenvalue weighted by atomic mass is 9.97. The molecule has 0 bridgehead atoms. The van der Waals surface area contributed by atoms with E-state index in [2.05, 4.69) is 49.7 Å². The third-order valence-electron chi connectivity index (χ3n) is 5.26. The highest BCUT2D eigenvalue weighted by Crippen LogP contribution is 2.24. The number of hydrogen-bond acceptors (Lipinski definition) is 7. The zero-order valence-corrected chi connectivity index (χ0v) is 22.8. The van der Waals surface area contributed by atoms with Crippen molar-refractivity contribution in [3.63, 3.8) is 0 Å². The van der Waals surface area contributed by atoms with Crippen LogP contribution in [0.15, 0.2) is 27.7 Å². The molecule has 10 heteroatoms. The van der Waals surface area contributed by atoms with Crippen LogP contribution in [0.5, 0.6) is 11.5 Å². The fraction of sp³-hybridized carbons (Fsp3) is 0.609. The molecule has 1 aliphatic heterocycles. The monoisotopic (exact) mass is 572 g/mol. The zero-order valence-electron chi connectivity index (χ0n) is 20.5. The van der Waals surface area contributed by atoms with Crippen LogP contribution in [0.1, 0.15) is 51.4 Å². The maximum atomic E-state index is 5.39. The normalized spacial score (nSPS) is 16.9. The SMILES string of the molecule is CCNC(=NCc1noc(C(C)(C)C)n1)NC1CCN(Cc2cc(OC)cc(OC)c2)C1.I. The summed E-state index contributed by atoms with van der Waals surface area (Å²) in [5.41, 5.74) is 1.01. The Morgan fingerprint density at radius 2 is 1.91 bits per heavy atom. The molecule has 1 saturated heterocycles. The van der Waals surface area contributed by atoms with Crippen LogP contribution >= 0.6 is 24.0 Å². The molecule has 184 valence electrons. The Morgan fingerprint density at radius 3 is 2.48 bits per heavy atom. The van der Waals surface area contributed by atoms with Gasteiger partial charge >= 0.3 is 0 Å². The van der Waals surface area contributed by atoms with Gasteiger partial charge in [0.1, 0.15) is 18.0 Å². The highest BCUT2D eigenvalue weighted by Gasteiger charge is 2.24. The number of aromatic nitrogens is 2. The predicted octanol–water partition coefficient (Wildman–Crippen LogP) is 3.33. The number of hydrogen-bond donors (Lipinski definition) is 2. The lowest BCUT2D eigenvalue weighted by Crippen LogP contribution is -2.44. The summed E-state index contributed by atoms with van der Waals surface area (Å²) in [6.45, 7) is 12.1. The first-order valence-electron chi connectivity index (χ1n) is 11.1. The number of methoxy groups -OCH3 is 2. The number of nitrogens with zero attached hydrogens (tertiary/aromatic N) is 4. The molecule has 1 fully saturated rings. The van der Waals surface area contributed by atoms with Crippen molar-refractivity contribution >= 4 is 29.9 Å². The van der Waals surface area contributed by atoms with Gasteiger partial charge in [-0.2, -0.15) is 4.98 Å². The van der Waals surface area contributed by atoms with Gasteiger partial charge in [0.2, 0.25) is 5.89 Å². The van der Waals surface area contributed by atoms with Crippen LogP contribution in [0.2, 0.25) is 0 Å². The maximum Gasteiger partial charge on any atom is 0.232 e. The van der Waals surface area contributed by atoms with Crippen molar-refractivity contribution in [2.24, 2.45) is 4.99 Å². The van der Waals surface area contributed by atoms with Crippen LogP contribution in [0.4, 0.5) is 0 Å². The highest BCUT2D eigenvalue weighted by atomic mass is 127. The Morgan fingerprint density at radius 1 is 1.21 bits per heavy atom. The third kappa shape index (κ3) is 8.02. The summed E-state index contributed by atoms with van der Waals surface area (Å²) in [6, 6.07) is 6.33. The number of guanidine groups is 1. The van der Waals surface area contributed by atoms with Crippen LogP contribution in [0, 0.1) is 0 Å². The first kappa shape index (κ1) is 27.2. The average molecular weight is 572 g/mol. The predicted molar refractivity (Wildman–Crippen MR) is 140 cm³/mol. The van der Waals surface area contributed by atoms with Gasteiger partial charge in [0, 0.05) is 43.7 Å². The van der Waals surface area contributed by atoms with Crippen molar-refractivity contribution in [2.75, 3.05) is 33.9 Å². The molecular weight excluding hydrogens is 535 g/mol. The van der Waals surface area contributed by atoms with Crippen molar-refractivity contribution in [3.8, 4) is 11.5 Å². The number of ether oxygens (including phenoxy) is 2. The van der Waals surface area contributed by atoms with Gasteiger partial charge in [-0.25, -0.2) is 4.99 Å². The molecule has 0 radical (unpaired) electrons. The molecule has 9 nitrogen and oxygen atoms in total. The van der Waals surface area contributed by atoms with Gasteiger partial charge in [0.05, 0.1) is 14.2 Å². The largest absolute Gasteiger partial charge is 0.497 e. The Bertz CT molecular complexity index is 890. The molecule has 2 heterocycles. The minimum atomic E-state index is -0.169. The lowest BCUT2D eigenvalue weighted by molar-refractivity contribution is 0.318. The van der Waals surface area contributed by atoms with Crippen LogP contribution in [0.25, 0.3) is 0 Å². The minimum Gasteiger partial charge on any atom is -0.497 e. The second-order valence-electron chi connectivity index (χ2n) is 9.05. The average Bonchev–Trinajstić information content (AvgIpc) is 3.41. The fourth-order valence-electron chi connectivity index (χ4n) is 3.60. The number of likely N-dealkylation sites (tertiary alicyclic amines) is 1. The summed E-state index contributed by atoms with van der Waals surface area (Å²) in [6.07, 6.45) is 1.04. The van der Waals surface area contributed by atoms with Gasteiger partial charge in [-0.15, -0.1) is 24.0 Å². The molecule has 0 amide bonds. The van der Waals surface area contributed by atoms with E-state index in [1.54, 1.807) is 14.2 Å². The Labute approximate surface area is 213 Å². The molecule has 0 saturated carbocycles. The van der Waals surface area contributed by atoms with Crippen molar-refractivity contribution in [2.45, 2.75) is 58.7 Å². The Hall–Kier alpha value is -2.08. The second kappa shape index (κ2) is 12.4. The maximum absolute atomic E-state index is 5.39. The first-order valence-corrected chi connectivity index (χ1v) is 11.1. The van der Waals surface area contributed by atoms with Crippen molar-refractivity contribution < 1.29 is 14.0 Å². The molecule has 1 aromatic carbocycles. The molecule has 0 aliphatic carbocycles. The molecule has 0 spiro atoms. The van der Waals surface area contributed by atoms with E-state index in [9.17, 15) is 0 Å². The smallest absolute Gasteiger partial charge is 0.232 e. The molecule has 1 aliphatic rings. The second-order valence-corrected chi connectivity index (χ2v) is 9.05. The molecule has 1 aromatic heterocycles. The van der Waals surface area contributed by atoms with Crippen LogP contribution in [-0.2, 0) is 18.5 Å². The van der Waals surface area contributed by atoms with Crippen LogP contribution in [0.3, 0.4) is 0 Å². The van der Waals surface area contributed by atoms with E-state index >= 15 is 0 Å². The van der Waals surface area contributed by atoms with E-state index in [0.29, 0.717) is 24.3 Å². The topological polar surface area (TPSA) is 97.0 Å². The summed E-state index contributed by atoms with van der Waals surface area (Å²) >= 11 is 0. The fourth-order valence-corrected chi connectivity index (χ4v) is 3.60. The van der Waals surface area contributed by atoms with E-state index in [1.165, 1.54) is 5.56 Å². The number of rotatable bonds is 8. The van der Waals surface area contributed by atoms with E-state index in [1.807, 2.05) is 26.8 Å². The van der Waals surface area contributed by atoms with Gasteiger partial charge in [-0.3, -0.25) is 4.90 Å². The number of nitrogens with one attached hydrogen (secondary N) is 2. The quantitative estimate of drug-likeness (QED) is 0.283. The van der Waals surface area contributed by atoms with E-state index in [4.69, 9.17) is 14.0 Å². The summed E-state index contributed by atoms with van der Waals surface area (Å²) in [5.74, 6) is 3.61. The molecular formula is C23H37IN6O3. The van der Waals surface area contributed by atoms with Gasteiger partial charge in [0.15, 0.2) is 11.8 Å². The van der Waals surface area contributed by atoms with Crippen LogP contribution < -0.4 is 20.1 Å². The molecule has 1 unspecified atom stereocenters. The molecule has 2 N–H and O–H groups in total. The van der Waals surface area contributed by atoms with E-state index in [0.717, 1.165) is 50.1 Å². The minimum absolute atomic E-state index is 0. The number of benzene rings is 1. The third-order valence-corrected chi connectivity index (χ3v) is 5.26. The zero-order chi connectivity index (χ0) is 23.1. The summed E-state index contributed by atoms with van der Waals surface area (Å²) in [5, 5.41) is 10.9. The standard InChI is InChI=1S/C23H36N6O3.HI/c1-7-24-22(25-13-20-27-21(32-28-20)23(2,3)4)26-17-8-9-29(15-17)14-16-10-18(30-5)12-19(11-16)31-6;/h10-12,17H,7-9,13-15H2,1-6H3,(H2,24,25,26);1H. The van der Waals surface area contributed by atoms with Crippen LogP contribution in [-0.4, -0.2) is 60.9 Å². The molecule has 3 rings (SSSR count). The number of aliphatic imine (C=N–C) groups is 1. The van der Waals surface area contributed by atoms with Gasteiger partial charge in [-0.1, -0.05) is 25.9 Å². The van der Waals surface area contributed by atoms with Crippen molar-refractivity contribution in [1.82, 2.24) is 25.7 Å². The number of halogens is 1. The van der Waals surface area contributed by atoms with Crippen molar-refractivity contribution in [1.29, 1.82) is 0 Å². The first-order chi connectivity index (χ1) is 15.3. The van der Waals surface area contributed by atoms with Gasteiger partial charge in [0.25, 0.3) is 0 Å². The Balaban J connectivity index is 0.00000385. The lowest BCUT2D eigenvalue weighted by Gasteiger charge is -2.19.